The van der Waals surface area contributed by atoms with Crippen molar-refractivity contribution in [2.45, 2.75) is 366 Å². The molecular weight excluding hydrogens is 1310 g/mol. The van der Waals surface area contributed by atoms with Crippen molar-refractivity contribution in [1.82, 2.24) is 0 Å². The predicted molar refractivity (Wildman–Crippen MR) is 395 cm³/mol. The van der Waals surface area contributed by atoms with Crippen LogP contribution in [-0.4, -0.2) is 132 Å². The number of aliphatic hydroxyl groups is 3. The number of hydrogen-bond donors (Lipinski definition) is 3. The van der Waals surface area contributed by atoms with Gasteiger partial charge in [0.25, 0.3) is 6.47 Å². The number of rotatable bonds is 40. The normalized spacial score (nSPS) is 34.6. The van der Waals surface area contributed by atoms with Crippen molar-refractivity contribution in [2.24, 2.45) is 58.2 Å². The van der Waals surface area contributed by atoms with Gasteiger partial charge in [-0.05, 0) is 143 Å². The van der Waals surface area contributed by atoms with E-state index in [0.29, 0.717) is 25.7 Å². The van der Waals surface area contributed by atoms with Crippen LogP contribution in [0, 0.1) is 58.2 Å². The second kappa shape index (κ2) is 41.0. The third-order valence-corrected chi connectivity index (χ3v) is 24.4. The summed E-state index contributed by atoms with van der Waals surface area (Å²) in [4.78, 5) is 81.0. The number of carbonyl (C=O) groups is 6. The third kappa shape index (κ3) is 26.6. The molecular formula is C85H134O18. The van der Waals surface area contributed by atoms with E-state index in [1.54, 1.807) is 58.9 Å². The molecule has 19 atom stereocenters. The second-order valence-electron chi connectivity index (χ2n) is 33.7. The van der Waals surface area contributed by atoms with E-state index in [1.807, 2.05) is 13.0 Å². The van der Waals surface area contributed by atoms with E-state index < -0.39 is 114 Å². The van der Waals surface area contributed by atoms with Crippen LogP contribution in [0.15, 0.2) is 59.8 Å². The maximum atomic E-state index is 14.5. The van der Waals surface area contributed by atoms with E-state index in [1.165, 1.54) is 135 Å². The highest BCUT2D eigenvalue weighted by atomic mass is 16.7. The van der Waals surface area contributed by atoms with Crippen LogP contribution in [0.25, 0.3) is 0 Å². The SMILES string of the molecule is CCC/C=C/C=C/C(=O)O[C@H]1/C(=C/C(=O)OC)C[C@H]2CC(C(C)OC(=O)CCCCCCCC3CC3CC3CC3CCCCC)OC(=O)C[C@H](O)C[C@@H]3C[C@H](OC(=O)CCCCCCCC4CC4CC4CC4CCCCC)C(C)(C)[C@](O)(C[C@@H]4C/C(=C/COC=O)C[C@H](/C=C/C(C)(C)[C@]1(O)O2)O4)O3. The molecule has 0 aromatic carbocycles. The van der Waals surface area contributed by atoms with Gasteiger partial charge < -0.3 is 58.0 Å². The van der Waals surface area contributed by atoms with Crippen LogP contribution in [0.5, 0.6) is 0 Å². The van der Waals surface area contributed by atoms with Crippen LogP contribution in [-0.2, 0) is 71.4 Å². The lowest BCUT2D eigenvalue weighted by Crippen LogP contribution is -2.62. The monoisotopic (exact) mass is 1440 g/mol. The number of ether oxygens (including phenoxy) is 9. The number of cyclic esters (lactones) is 1. The molecule has 0 aromatic heterocycles. The van der Waals surface area contributed by atoms with Gasteiger partial charge in [0.1, 0.15) is 24.9 Å². The second-order valence-corrected chi connectivity index (χ2v) is 33.7. The smallest absolute Gasteiger partial charge is 0.331 e. The minimum absolute atomic E-state index is 0.0411. The van der Waals surface area contributed by atoms with Gasteiger partial charge in [-0.15, -0.1) is 0 Å². The van der Waals surface area contributed by atoms with Crippen molar-refractivity contribution in [3.05, 3.63) is 59.8 Å². The average molecular weight is 1440 g/mol. The first kappa shape index (κ1) is 83.9. The largest absolute Gasteiger partial charge is 0.466 e. The van der Waals surface area contributed by atoms with Gasteiger partial charge in [0.2, 0.25) is 5.79 Å². The maximum Gasteiger partial charge on any atom is 0.331 e. The van der Waals surface area contributed by atoms with E-state index in [0.717, 1.165) is 110 Å². The number of fused-ring (bicyclic) bond motifs is 6. The minimum Gasteiger partial charge on any atom is -0.466 e. The highest BCUT2D eigenvalue weighted by Gasteiger charge is 2.60. The van der Waals surface area contributed by atoms with Crippen molar-refractivity contribution >= 4 is 36.3 Å². The number of unbranched alkanes of at least 4 members (excludes halogenated alkanes) is 13. The lowest BCUT2D eigenvalue weighted by molar-refractivity contribution is -0.349. The summed E-state index contributed by atoms with van der Waals surface area (Å²) < 4.78 is 55.6. The van der Waals surface area contributed by atoms with E-state index in [2.05, 4.69) is 13.8 Å². The molecule has 4 aliphatic carbocycles. The van der Waals surface area contributed by atoms with Crippen molar-refractivity contribution in [1.29, 1.82) is 0 Å². The lowest BCUT2D eigenvalue weighted by atomic mass is 9.70. The fraction of sp³-hybridized carbons (Fsp3) is 0.812. The first-order valence-electron chi connectivity index (χ1n) is 40.9. The van der Waals surface area contributed by atoms with Gasteiger partial charge in [-0.3, -0.25) is 19.2 Å². The van der Waals surface area contributed by atoms with Crippen LogP contribution in [0.4, 0.5) is 0 Å². The summed E-state index contributed by atoms with van der Waals surface area (Å²) in [5, 5.41) is 38.7. The van der Waals surface area contributed by atoms with Gasteiger partial charge in [0.05, 0.1) is 49.5 Å². The Morgan fingerprint density at radius 3 is 1.80 bits per heavy atom. The number of esters is 5. The minimum atomic E-state index is -2.50. The molecule has 582 valence electrons. The average Bonchev–Trinajstić information content (AvgIpc) is 1.72. The molecule has 4 saturated carbocycles. The Morgan fingerprint density at radius 1 is 0.631 bits per heavy atom. The summed E-state index contributed by atoms with van der Waals surface area (Å²) in [5.41, 5.74) is -1.85. The first-order chi connectivity index (χ1) is 49.4. The summed E-state index contributed by atoms with van der Waals surface area (Å²) in [7, 11) is 1.20. The molecule has 0 spiro atoms. The molecule has 8 aliphatic rings. The van der Waals surface area contributed by atoms with Crippen LogP contribution in [0.2, 0.25) is 0 Å². The molecule has 103 heavy (non-hydrogen) atoms. The van der Waals surface area contributed by atoms with Gasteiger partial charge in [-0.1, -0.05) is 206 Å². The Morgan fingerprint density at radius 2 is 1.21 bits per heavy atom. The van der Waals surface area contributed by atoms with Crippen LogP contribution in [0.3, 0.4) is 0 Å². The standard InChI is InChI=1S/C85H134O18/c1-10-13-16-19-28-37-78(90)101-81-68(51-79(91)95-9)50-71-54-74(58(4)97-76(88)35-29-22-17-20-26-33-62-46-66(62)48-64-44-60(64)31-24-14-11-2)99-80(92)53-69(87)52-72-55-75(100-77(89)36-30-23-18-21-27-34-63-47-67(63)49-65-45-61(65)32-25-15-12-3)83(7,8)84(93,102-72)56-73-43-59(39-41-96-57-86)42-70(98-73)38-40-82(5,6)85(81,94)103-71/h16,19,28,37-40,51,57-58,60-67,69-75,81,87,93-94H,10-15,17-18,20-27,29-36,41-50,52-56H2,1-9H3/b19-16+,37-28+,40-38+,59-39+,68-51+/t58?,60?,61?,62?,63?,64?,65?,66?,67?,69-,70+,71+,72-,73+,74?,75+,81+,84+,85-/m1/s1. The Bertz CT molecular complexity index is 2840. The summed E-state index contributed by atoms with van der Waals surface area (Å²) in [5.74, 6) is -0.516. The molecule has 18 nitrogen and oxygen atoms in total. The summed E-state index contributed by atoms with van der Waals surface area (Å²) in [6.07, 6.45) is 35.8. The predicted octanol–water partition coefficient (Wildman–Crippen LogP) is 16.8. The summed E-state index contributed by atoms with van der Waals surface area (Å²) in [6.45, 7) is 15.4. The maximum absolute atomic E-state index is 14.5. The van der Waals surface area contributed by atoms with Crippen molar-refractivity contribution in [3.63, 3.8) is 0 Å². The van der Waals surface area contributed by atoms with Gasteiger partial charge in [-0.2, -0.15) is 0 Å². The lowest BCUT2D eigenvalue weighted by Gasteiger charge is -2.54. The van der Waals surface area contributed by atoms with Gasteiger partial charge in [0, 0.05) is 56.1 Å². The summed E-state index contributed by atoms with van der Waals surface area (Å²) in [6, 6.07) is 0. The summed E-state index contributed by atoms with van der Waals surface area (Å²) >= 11 is 0. The Balaban J connectivity index is 0.978. The molecule has 10 unspecified atom stereocenters. The molecule has 0 aromatic rings. The van der Waals surface area contributed by atoms with Crippen LogP contribution >= 0.6 is 0 Å². The zero-order chi connectivity index (χ0) is 74.2. The fourth-order valence-corrected chi connectivity index (χ4v) is 17.3. The quantitative estimate of drug-likeness (QED) is 0.00981. The number of hydrogen-bond acceptors (Lipinski definition) is 18. The van der Waals surface area contributed by atoms with Crippen molar-refractivity contribution in [3.8, 4) is 0 Å². The van der Waals surface area contributed by atoms with Crippen molar-refractivity contribution < 1.29 is 86.7 Å². The van der Waals surface area contributed by atoms with Crippen LogP contribution in [0.1, 0.15) is 299 Å². The zero-order valence-electron chi connectivity index (χ0n) is 64.6. The Labute approximate surface area is 617 Å². The fourth-order valence-electron chi connectivity index (χ4n) is 17.3. The van der Waals surface area contributed by atoms with Gasteiger partial charge >= 0.3 is 29.8 Å². The molecule has 4 aliphatic heterocycles. The van der Waals surface area contributed by atoms with Crippen LogP contribution < -0.4 is 0 Å². The highest BCUT2D eigenvalue weighted by molar-refractivity contribution is 5.84. The molecule has 3 saturated heterocycles. The van der Waals surface area contributed by atoms with Crippen molar-refractivity contribution in [2.75, 3.05) is 13.7 Å². The molecule has 7 fully saturated rings. The van der Waals surface area contributed by atoms with Gasteiger partial charge in [0.15, 0.2) is 11.9 Å². The number of allylic oxidation sites excluding steroid dienone is 3. The Hall–Kier alpha value is -4.72. The molecule has 4 heterocycles. The van der Waals surface area contributed by atoms with E-state index in [4.69, 9.17) is 42.6 Å². The van der Waals surface area contributed by atoms with E-state index >= 15 is 0 Å². The highest BCUT2D eigenvalue weighted by Crippen LogP contribution is 2.57. The zero-order valence-corrected chi connectivity index (χ0v) is 64.6. The number of carbonyl (C=O) groups excluding carboxylic acids is 6. The molecule has 8 rings (SSSR count). The molecule has 6 bridgehead atoms. The molecule has 0 radical (unpaired) electrons. The molecule has 0 amide bonds. The van der Waals surface area contributed by atoms with E-state index in [9.17, 15) is 44.1 Å². The number of aliphatic hydroxyl groups excluding tert-OH is 1. The number of methoxy groups -OCH3 is 1. The topological polar surface area (TPSA) is 246 Å². The molecule has 3 N–H and O–H groups in total. The van der Waals surface area contributed by atoms with Gasteiger partial charge in [-0.25, -0.2) is 9.59 Å². The Kier molecular flexibility index (Phi) is 33.4. The first-order valence-corrected chi connectivity index (χ1v) is 40.9. The molecule has 18 heteroatoms. The third-order valence-electron chi connectivity index (χ3n) is 24.4. The van der Waals surface area contributed by atoms with E-state index in [-0.39, 0.29) is 63.5 Å².